The Hall–Kier alpha value is -3.20. The van der Waals surface area contributed by atoms with Crippen molar-refractivity contribution in [2.75, 3.05) is 6.61 Å². The predicted molar refractivity (Wildman–Crippen MR) is 106 cm³/mol. The van der Waals surface area contributed by atoms with Crippen molar-refractivity contribution in [3.8, 4) is 17.2 Å². The van der Waals surface area contributed by atoms with Gasteiger partial charge in [-0.05, 0) is 56.2 Å². The van der Waals surface area contributed by atoms with Crippen molar-refractivity contribution in [3.63, 3.8) is 0 Å². The molecule has 0 radical (unpaired) electrons. The highest BCUT2D eigenvalue weighted by molar-refractivity contribution is 6.32. The number of hydrogen-bond donors (Lipinski definition) is 0. The van der Waals surface area contributed by atoms with E-state index in [1.54, 1.807) is 20.8 Å². The first-order chi connectivity index (χ1) is 14.5. The van der Waals surface area contributed by atoms with Gasteiger partial charge in [0.1, 0.15) is 17.1 Å². The standard InChI is InChI=1S/C21H16ClF3O6/c1-4-28-20(27)30-12-5-6-14-15(9-12)31-19(21(23,24)25)18(17(14)26)29-13-7-10(2)16(22)11(3)8-13/h5-9H,4H2,1-3H3. The van der Waals surface area contributed by atoms with E-state index in [4.69, 9.17) is 25.5 Å². The molecule has 164 valence electrons. The minimum atomic E-state index is -5.03. The van der Waals surface area contributed by atoms with Gasteiger partial charge in [-0.2, -0.15) is 13.2 Å². The number of ether oxygens (including phenoxy) is 3. The van der Waals surface area contributed by atoms with Crippen LogP contribution in [-0.4, -0.2) is 12.8 Å². The van der Waals surface area contributed by atoms with Gasteiger partial charge in [0, 0.05) is 11.1 Å². The fourth-order valence-corrected chi connectivity index (χ4v) is 2.93. The summed E-state index contributed by atoms with van der Waals surface area (Å²) in [5.74, 6) is -2.79. The number of carbonyl (C=O) groups is 1. The van der Waals surface area contributed by atoms with Crippen molar-refractivity contribution in [1.29, 1.82) is 0 Å². The number of alkyl halides is 3. The molecule has 0 fully saturated rings. The van der Waals surface area contributed by atoms with E-state index in [-0.39, 0.29) is 23.5 Å². The minimum Gasteiger partial charge on any atom is -0.449 e. The van der Waals surface area contributed by atoms with Crippen molar-refractivity contribution in [2.24, 2.45) is 0 Å². The van der Waals surface area contributed by atoms with Crippen LogP contribution in [0.1, 0.15) is 23.8 Å². The van der Waals surface area contributed by atoms with Gasteiger partial charge in [-0.3, -0.25) is 4.79 Å². The maximum Gasteiger partial charge on any atom is 0.513 e. The second-order valence-electron chi connectivity index (χ2n) is 6.50. The molecule has 0 N–H and O–H groups in total. The SMILES string of the molecule is CCOC(=O)Oc1ccc2c(=O)c(Oc3cc(C)c(Cl)c(C)c3)c(C(F)(F)F)oc2c1. The van der Waals surface area contributed by atoms with Crippen LogP contribution in [0.2, 0.25) is 5.02 Å². The first-order valence-corrected chi connectivity index (χ1v) is 9.36. The quantitative estimate of drug-likeness (QED) is 0.333. The molecule has 0 atom stereocenters. The zero-order valence-corrected chi connectivity index (χ0v) is 17.3. The molecule has 0 bridgehead atoms. The number of carbonyl (C=O) groups excluding carboxylic acids is 1. The molecule has 0 aliphatic rings. The van der Waals surface area contributed by atoms with E-state index in [1.165, 1.54) is 24.3 Å². The number of hydrogen-bond acceptors (Lipinski definition) is 6. The summed E-state index contributed by atoms with van der Waals surface area (Å²) >= 11 is 6.08. The summed E-state index contributed by atoms with van der Waals surface area (Å²) in [6, 6.07) is 6.21. The van der Waals surface area contributed by atoms with Crippen molar-refractivity contribution >= 4 is 28.7 Å². The molecule has 0 unspecified atom stereocenters. The topological polar surface area (TPSA) is 75.0 Å². The van der Waals surface area contributed by atoms with Crippen molar-refractivity contribution in [1.82, 2.24) is 0 Å². The molecule has 0 saturated carbocycles. The van der Waals surface area contributed by atoms with Crippen LogP contribution in [0.4, 0.5) is 18.0 Å². The van der Waals surface area contributed by atoms with Gasteiger partial charge in [-0.1, -0.05) is 11.6 Å². The van der Waals surface area contributed by atoms with E-state index in [2.05, 4.69) is 4.74 Å². The molecule has 1 aromatic heterocycles. The lowest BCUT2D eigenvalue weighted by Crippen LogP contribution is -2.16. The molecule has 6 nitrogen and oxygen atoms in total. The highest BCUT2D eigenvalue weighted by Crippen LogP contribution is 2.39. The number of rotatable bonds is 4. The third kappa shape index (κ3) is 4.77. The molecular weight excluding hydrogens is 441 g/mol. The number of fused-ring (bicyclic) bond motifs is 1. The lowest BCUT2D eigenvalue weighted by molar-refractivity contribution is -0.154. The molecule has 1 heterocycles. The summed E-state index contributed by atoms with van der Waals surface area (Å²) in [6.07, 6.45) is -6.08. The van der Waals surface area contributed by atoms with Crippen LogP contribution in [0.3, 0.4) is 0 Å². The van der Waals surface area contributed by atoms with Crippen LogP contribution in [0.5, 0.6) is 17.2 Å². The van der Waals surface area contributed by atoms with Gasteiger partial charge in [0.25, 0.3) is 5.76 Å². The molecular formula is C21H16ClF3O6. The summed E-state index contributed by atoms with van der Waals surface area (Å²) in [4.78, 5) is 24.3. The molecule has 0 saturated heterocycles. The Bertz CT molecular complexity index is 1190. The molecule has 0 amide bonds. The molecule has 3 rings (SSSR count). The van der Waals surface area contributed by atoms with Gasteiger partial charge in [0.05, 0.1) is 12.0 Å². The third-order valence-electron chi connectivity index (χ3n) is 4.17. The second-order valence-corrected chi connectivity index (χ2v) is 6.88. The monoisotopic (exact) mass is 456 g/mol. The summed E-state index contributed by atoms with van der Waals surface area (Å²) in [5.41, 5.74) is -0.344. The Balaban J connectivity index is 2.14. The van der Waals surface area contributed by atoms with E-state index in [9.17, 15) is 22.8 Å². The maximum atomic E-state index is 13.7. The van der Waals surface area contributed by atoms with Crippen molar-refractivity contribution < 1.29 is 36.6 Å². The summed E-state index contributed by atoms with van der Waals surface area (Å²) in [6.45, 7) is 4.91. The lowest BCUT2D eigenvalue weighted by Gasteiger charge is -2.14. The average molecular weight is 457 g/mol. The van der Waals surface area contributed by atoms with Crippen molar-refractivity contribution in [2.45, 2.75) is 26.9 Å². The van der Waals surface area contributed by atoms with Crippen LogP contribution in [0.25, 0.3) is 11.0 Å². The van der Waals surface area contributed by atoms with Gasteiger partial charge in [-0.15, -0.1) is 0 Å². The fourth-order valence-electron chi connectivity index (χ4n) is 2.83. The summed E-state index contributed by atoms with van der Waals surface area (Å²) < 4.78 is 60.7. The smallest absolute Gasteiger partial charge is 0.449 e. The Morgan fingerprint density at radius 1 is 1.10 bits per heavy atom. The molecule has 10 heteroatoms. The molecule has 0 aliphatic carbocycles. The normalized spacial score (nSPS) is 11.5. The Morgan fingerprint density at radius 2 is 1.74 bits per heavy atom. The third-order valence-corrected chi connectivity index (χ3v) is 4.77. The zero-order chi connectivity index (χ0) is 22.9. The van der Waals surface area contributed by atoms with E-state index >= 15 is 0 Å². The minimum absolute atomic E-state index is 0.00110. The van der Waals surface area contributed by atoms with Crippen LogP contribution in [0.15, 0.2) is 39.5 Å². The van der Waals surface area contributed by atoms with E-state index in [0.717, 1.165) is 6.07 Å². The first kappa shape index (κ1) is 22.5. The largest absolute Gasteiger partial charge is 0.513 e. The van der Waals surface area contributed by atoms with Gasteiger partial charge >= 0.3 is 12.3 Å². The molecule has 3 aromatic rings. The van der Waals surface area contributed by atoms with Crippen LogP contribution in [-0.2, 0) is 10.9 Å². The Kier molecular flexibility index (Phi) is 6.17. The predicted octanol–water partition coefficient (Wildman–Crippen LogP) is 6.41. The van der Waals surface area contributed by atoms with E-state index in [0.29, 0.717) is 16.1 Å². The first-order valence-electron chi connectivity index (χ1n) is 8.98. The lowest BCUT2D eigenvalue weighted by atomic mass is 10.1. The molecule has 31 heavy (non-hydrogen) atoms. The zero-order valence-electron chi connectivity index (χ0n) is 16.6. The number of aryl methyl sites for hydroxylation is 2. The average Bonchev–Trinajstić information content (AvgIpc) is 2.67. The summed E-state index contributed by atoms with van der Waals surface area (Å²) in [7, 11) is 0. The highest BCUT2D eigenvalue weighted by atomic mass is 35.5. The van der Waals surface area contributed by atoms with Crippen LogP contribution in [0, 0.1) is 13.8 Å². The van der Waals surface area contributed by atoms with Gasteiger partial charge in [-0.25, -0.2) is 4.79 Å². The summed E-state index contributed by atoms with van der Waals surface area (Å²) in [5, 5.41) is 0.240. The number of halogens is 4. The van der Waals surface area contributed by atoms with Crippen LogP contribution < -0.4 is 14.9 Å². The fraction of sp³-hybridized carbons (Fsp3) is 0.238. The highest BCUT2D eigenvalue weighted by Gasteiger charge is 2.40. The molecule has 2 aromatic carbocycles. The van der Waals surface area contributed by atoms with E-state index < -0.39 is 34.9 Å². The Labute approximate surface area is 179 Å². The second kappa shape index (κ2) is 8.50. The van der Waals surface area contributed by atoms with Gasteiger partial charge < -0.3 is 18.6 Å². The Morgan fingerprint density at radius 3 is 2.32 bits per heavy atom. The van der Waals surface area contributed by atoms with Crippen LogP contribution >= 0.6 is 11.6 Å². The molecule has 0 aliphatic heterocycles. The molecule has 0 spiro atoms. The van der Waals surface area contributed by atoms with Gasteiger partial charge in [0.15, 0.2) is 0 Å². The van der Waals surface area contributed by atoms with Gasteiger partial charge in [0.2, 0.25) is 11.2 Å². The van der Waals surface area contributed by atoms with Crippen molar-refractivity contribution in [3.05, 3.63) is 62.5 Å². The van der Waals surface area contributed by atoms with E-state index in [1.807, 2.05) is 0 Å². The maximum absolute atomic E-state index is 13.7. The number of benzene rings is 2.